The van der Waals surface area contributed by atoms with Crippen molar-refractivity contribution < 1.29 is 42.7 Å². The maximum absolute atomic E-state index is 12.4. The van der Waals surface area contributed by atoms with Crippen LogP contribution in [0.15, 0.2) is 36.5 Å². The molecule has 1 fully saturated rings. The third-order valence-corrected chi connectivity index (χ3v) is 10.3. The third kappa shape index (κ3) is 34.7. The average molecular weight is 783 g/mol. The molecule has 2 unspecified atom stereocenters. The first kappa shape index (κ1) is 50.2. The Morgan fingerprint density at radius 1 is 0.574 bits per heavy atom. The van der Waals surface area contributed by atoms with Crippen LogP contribution in [0.5, 0.6) is 0 Å². The molecule has 1 aliphatic rings. The highest BCUT2D eigenvalue weighted by Crippen LogP contribution is 2.36. The van der Waals surface area contributed by atoms with E-state index in [0.717, 1.165) is 44.9 Å². The van der Waals surface area contributed by atoms with E-state index < -0.39 is 32.5 Å². The fraction of sp³-hybridized carbons (Fsp3) is 0.818. The number of rotatable bonds is 39. The molecule has 1 aliphatic heterocycles. The molecule has 10 heteroatoms. The Kier molecular flexibility index (Phi) is 33.2. The number of epoxide rings is 1. The lowest BCUT2D eigenvalue weighted by Gasteiger charge is -2.18. The molecule has 0 amide bonds. The van der Waals surface area contributed by atoms with Gasteiger partial charge in [0.25, 0.3) is 0 Å². The molecule has 1 rings (SSSR count). The van der Waals surface area contributed by atoms with Crippen molar-refractivity contribution >= 4 is 19.8 Å². The van der Waals surface area contributed by atoms with Crippen molar-refractivity contribution in [1.82, 2.24) is 0 Å². The van der Waals surface area contributed by atoms with Gasteiger partial charge in [0.15, 0.2) is 6.10 Å². The molecular formula is C44H79O9P. The number of hydrogen-bond donors (Lipinski definition) is 2. The minimum absolute atomic E-state index is 0.129. The molecule has 0 aliphatic carbocycles. The Bertz CT molecular complexity index is 1040. The summed E-state index contributed by atoms with van der Waals surface area (Å²) < 4.78 is 32.1. The molecule has 0 radical (unpaired) electrons. The van der Waals surface area contributed by atoms with E-state index in [4.69, 9.17) is 24.0 Å². The van der Waals surface area contributed by atoms with Crippen LogP contribution in [0, 0.1) is 0 Å². The predicted octanol–water partition coefficient (Wildman–Crippen LogP) is 12.3. The van der Waals surface area contributed by atoms with Crippen molar-refractivity contribution in [2.75, 3.05) is 13.2 Å². The molecule has 54 heavy (non-hydrogen) atoms. The van der Waals surface area contributed by atoms with E-state index in [1.807, 2.05) is 6.08 Å². The largest absolute Gasteiger partial charge is 0.469 e. The van der Waals surface area contributed by atoms with Crippen molar-refractivity contribution in [2.45, 2.75) is 218 Å². The Morgan fingerprint density at radius 3 is 1.57 bits per heavy atom. The van der Waals surface area contributed by atoms with Gasteiger partial charge in [-0.3, -0.25) is 14.1 Å². The van der Waals surface area contributed by atoms with E-state index in [1.165, 1.54) is 116 Å². The monoisotopic (exact) mass is 783 g/mol. The molecule has 0 aromatic heterocycles. The van der Waals surface area contributed by atoms with Crippen molar-refractivity contribution in [1.29, 1.82) is 0 Å². The average Bonchev–Trinajstić information content (AvgIpc) is 3.90. The van der Waals surface area contributed by atoms with Crippen LogP contribution in [-0.4, -0.2) is 53.3 Å². The van der Waals surface area contributed by atoms with Crippen molar-refractivity contribution in [3.63, 3.8) is 0 Å². The molecule has 1 saturated heterocycles. The lowest BCUT2D eigenvalue weighted by atomic mass is 10.0. The first-order chi connectivity index (χ1) is 26.2. The lowest BCUT2D eigenvalue weighted by Crippen LogP contribution is -2.29. The molecule has 1 heterocycles. The number of esters is 2. The van der Waals surface area contributed by atoms with Gasteiger partial charge in [-0.1, -0.05) is 172 Å². The second-order valence-corrected chi connectivity index (χ2v) is 16.3. The molecule has 314 valence electrons. The van der Waals surface area contributed by atoms with Crippen molar-refractivity contribution in [2.24, 2.45) is 0 Å². The highest BCUT2D eigenvalue weighted by Gasteiger charge is 2.36. The minimum atomic E-state index is -4.77. The number of allylic oxidation sites excluding steroid dienone is 4. The van der Waals surface area contributed by atoms with Gasteiger partial charge in [-0.15, -0.1) is 0 Å². The van der Waals surface area contributed by atoms with Crippen LogP contribution in [0.25, 0.3) is 0 Å². The number of hydrogen-bond acceptors (Lipinski definition) is 7. The summed E-state index contributed by atoms with van der Waals surface area (Å²) in [5.41, 5.74) is 0. The smallest absolute Gasteiger partial charge is 0.462 e. The number of ether oxygens (including phenoxy) is 3. The van der Waals surface area contributed by atoms with Gasteiger partial charge in [0.2, 0.25) is 0 Å². The van der Waals surface area contributed by atoms with Gasteiger partial charge in [-0.2, -0.15) is 0 Å². The summed E-state index contributed by atoms with van der Waals surface area (Å²) in [5.74, 6) is -0.951. The first-order valence-corrected chi connectivity index (χ1v) is 23.4. The molecule has 0 aromatic rings. The molecule has 0 bridgehead atoms. The first-order valence-electron chi connectivity index (χ1n) is 21.9. The topological polar surface area (TPSA) is 132 Å². The number of phosphoric acid groups is 1. The third-order valence-electron chi connectivity index (χ3n) is 9.81. The fourth-order valence-corrected chi connectivity index (χ4v) is 6.77. The van der Waals surface area contributed by atoms with Crippen LogP contribution in [0.1, 0.15) is 200 Å². The van der Waals surface area contributed by atoms with Crippen molar-refractivity contribution in [3.05, 3.63) is 36.5 Å². The summed E-state index contributed by atoms with van der Waals surface area (Å²) in [4.78, 5) is 42.9. The summed E-state index contributed by atoms with van der Waals surface area (Å²) in [7, 11) is -4.77. The van der Waals surface area contributed by atoms with Crippen LogP contribution < -0.4 is 0 Å². The zero-order valence-electron chi connectivity index (χ0n) is 34.3. The van der Waals surface area contributed by atoms with Gasteiger partial charge in [-0.05, 0) is 51.4 Å². The molecule has 0 spiro atoms. The van der Waals surface area contributed by atoms with Gasteiger partial charge >= 0.3 is 19.8 Å². The van der Waals surface area contributed by atoms with Crippen LogP contribution >= 0.6 is 7.82 Å². The van der Waals surface area contributed by atoms with E-state index in [2.05, 4.69) is 48.8 Å². The maximum atomic E-state index is 12.4. The Balaban J connectivity index is 2.08. The minimum Gasteiger partial charge on any atom is -0.462 e. The molecule has 0 saturated carbocycles. The van der Waals surface area contributed by atoms with E-state index in [1.54, 1.807) is 0 Å². The SMILES string of the molecule is CCCCC/C=C\C/C=C\CC1OC1C/C=C\CCCC(=O)O[C@H](COC(=O)CCCCCCCCCCCCCCCCCCCC)COP(=O)(O)O. The fourth-order valence-electron chi connectivity index (χ4n) is 6.41. The van der Waals surface area contributed by atoms with Crippen LogP contribution in [0.3, 0.4) is 0 Å². The molecule has 9 nitrogen and oxygen atoms in total. The van der Waals surface area contributed by atoms with Crippen LogP contribution in [0.4, 0.5) is 0 Å². The van der Waals surface area contributed by atoms with E-state index in [9.17, 15) is 14.2 Å². The number of carbonyl (C=O) groups is 2. The highest BCUT2D eigenvalue weighted by molar-refractivity contribution is 7.46. The summed E-state index contributed by atoms with van der Waals surface area (Å²) in [5, 5.41) is 0. The lowest BCUT2D eigenvalue weighted by molar-refractivity contribution is -0.161. The quantitative estimate of drug-likeness (QED) is 0.0205. The Hall–Kier alpha value is -1.77. The molecule has 2 N–H and O–H groups in total. The molecular weight excluding hydrogens is 703 g/mol. The van der Waals surface area contributed by atoms with Crippen LogP contribution in [0.2, 0.25) is 0 Å². The number of unbranched alkanes of at least 4 members (excludes halogenated alkanes) is 21. The van der Waals surface area contributed by atoms with Gasteiger partial charge in [0, 0.05) is 12.8 Å². The number of carbonyl (C=O) groups excluding carboxylic acids is 2. The summed E-state index contributed by atoms with van der Waals surface area (Å²) >= 11 is 0. The normalized spacial score (nSPS) is 16.5. The Morgan fingerprint density at radius 2 is 1.02 bits per heavy atom. The predicted molar refractivity (Wildman–Crippen MR) is 220 cm³/mol. The van der Waals surface area contributed by atoms with E-state index in [0.29, 0.717) is 12.8 Å². The summed E-state index contributed by atoms with van der Waals surface area (Å²) in [6, 6.07) is 0. The second kappa shape index (κ2) is 35.6. The van der Waals surface area contributed by atoms with Gasteiger partial charge in [0.05, 0.1) is 18.8 Å². The number of phosphoric ester groups is 1. The summed E-state index contributed by atoms with van der Waals surface area (Å²) in [6.07, 6.45) is 44.7. The zero-order valence-corrected chi connectivity index (χ0v) is 35.2. The van der Waals surface area contributed by atoms with Crippen LogP contribution in [-0.2, 0) is 32.9 Å². The van der Waals surface area contributed by atoms with Crippen molar-refractivity contribution in [3.8, 4) is 0 Å². The van der Waals surface area contributed by atoms with Gasteiger partial charge < -0.3 is 24.0 Å². The van der Waals surface area contributed by atoms with E-state index >= 15 is 0 Å². The second-order valence-electron chi connectivity index (χ2n) is 15.1. The zero-order chi connectivity index (χ0) is 39.4. The van der Waals surface area contributed by atoms with Gasteiger partial charge in [0.1, 0.15) is 6.61 Å². The Labute approximate surface area is 329 Å². The van der Waals surface area contributed by atoms with Gasteiger partial charge in [-0.25, -0.2) is 4.57 Å². The maximum Gasteiger partial charge on any atom is 0.469 e. The highest BCUT2D eigenvalue weighted by atomic mass is 31.2. The molecule has 0 aromatic carbocycles. The summed E-state index contributed by atoms with van der Waals surface area (Å²) in [6.45, 7) is 3.62. The standard InChI is InChI=1S/C44H79O9P/c1-3-5-7-9-11-13-14-15-16-17-18-19-20-21-23-25-27-32-36-43(45)50-38-40(39-51-54(47,48)49)52-44(46)37-33-29-28-31-35-42-41(53-42)34-30-26-24-22-12-10-8-6-4-2/h12,22,26,28,30-31,40-42H,3-11,13-21,23-25,27,29,32-39H2,1-2H3,(H2,47,48,49)/b22-12-,30-26-,31-28-/t40-,41?,42?/m1/s1. The van der Waals surface area contributed by atoms with E-state index in [-0.39, 0.29) is 31.7 Å². The molecule has 3 atom stereocenters.